The molecule has 0 bridgehead atoms. The molecule has 0 unspecified atom stereocenters. The molecule has 1 atom stereocenters. The Kier molecular flexibility index (Phi) is 4.29. The van der Waals surface area contributed by atoms with Crippen LogP contribution in [0.3, 0.4) is 0 Å². The van der Waals surface area contributed by atoms with Crippen molar-refractivity contribution in [3.63, 3.8) is 0 Å². The van der Waals surface area contributed by atoms with E-state index in [9.17, 15) is 4.79 Å². The van der Waals surface area contributed by atoms with Gasteiger partial charge >= 0.3 is 6.09 Å². The number of nitrogens with zero attached hydrogens (tertiary/aromatic N) is 2. The van der Waals surface area contributed by atoms with Crippen LogP contribution in [-0.4, -0.2) is 45.5 Å². The summed E-state index contributed by atoms with van der Waals surface area (Å²) in [5.41, 5.74) is 2.12. The monoisotopic (exact) mass is 290 g/mol. The average molecular weight is 290 g/mol. The number of ether oxygens (including phenoxy) is 2. The number of methoxy groups -OCH3 is 1. The molecule has 2 aliphatic rings. The fourth-order valence-electron chi connectivity index (χ4n) is 3.00. The van der Waals surface area contributed by atoms with Crippen molar-refractivity contribution in [2.75, 3.05) is 43.2 Å². The summed E-state index contributed by atoms with van der Waals surface area (Å²) in [6.07, 6.45) is 3.39. The largest absolute Gasteiger partial charge is 0.441 e. The maximum absolute atomic E-state index is 11.9. The first-order chi connectivity index (χ1) is 10.3. The van der Waals surface area contributed by atoms with Gasteiger partial charge in [0, 0.05) is 31.6 Å². The molecule has 1 aromatic rings. The lowest BCUT2D eigenvalue weighted by Crippen LogP contribution is -2.29. The highest BCUT2D eigenvalue weighted by atomic mass is 16.6. The van der Waals surface area contributed by atoms with Gasteiger partial charge in [0.25, 0.3) is 0 Å². The SMILES string of the molecule is COC[C@H]1CN(c2ccc(N3CCCCC3)cc2)C(=O)O1. The molecule has 114 valence electrons. The fourth-order valence-corrected chi connectivity index (χ4v) is 3.00. The quantitative estimate of drug-likeness (QED) is 0.855. The predicted octanol–water partition coefficient (Wildman–Crippen LogP) is 2.65. The number of rotatable bonds is 4. The van der Waals surface area contributed by atoms with Crippen LogP contribution < -0.4 is 9.80 Å². The van der Waals surface area contributed by atoms with Gasteiger partial charge in [-0.25, -0.2) is 4.79 Å². The first kappa shape index (κ1) is 14.2. The van der Waals surface area contributed by atoms with E-state index in [4.69, 9.17) is 9.47 Å². The zero-order chi connectivity index (χ0) is 14.7. The number of amides is 1. The van der Waals surface area contributed by atoms with Crippen LogP contribution in [0.25, 0.3) is 0 Å². The normalized spacial score (nSPS) is 22.5. The molecule has 1 amide bonds. The molecule has 5 heteroatoms. The molecule has 5 nitrogen and oxygen atoms in total. The highest BCUT2D eigenvalue weighted by molar-refractivity contribution is 5.90. The van der Waals surface area contributed by atoms with Crippen molar-refractivity contribution in [2.24, 2.45) is 0 Å². The Hall–Kier alpha value is -1.75. The van der Waals surface area contributed by atoms with Gasteiger partial charge in [0.15, 0.2) is 0 Å². The second-order valence-electron chi connectivity index (χ2n) is 5.64. The molecule has 1 aromatic carbocycles. The van der Waals surface area contributed by atoms with E-state index < -0.39 is 0 Å². The Morgan fingerprint density at radius 2 is 1.81 bits per heavy atom. The number of hydrogen-bond donors (Lipinski definition) is 0. The van der Waals surface area contributed by atoms with Gasteiger partial charge in [-0.1, -0.05) is 0 Å². The summed E-state index contributed by atoms with van der Waals surface area (Å²) in [6, 6.07) is 8.19. The Morgan fingerprint density at radius 1 is 1.14 bits per heavy atom. The smallest absolute Gasteiger partial charge is 0.414 e. The van der Waals surface area contributed by atoms with Gasteiger partial charge in [0.1, 0.15) is 6.10 Å². The Balaban J connectivity index is 1.67. The molecule has 21 heavy (non-hydrogen) atoms. The van der Waals surface area contributed by atoms with E-state index in [1.54, 1.807) is 12.0 Å². The van der Waals surface area contributed by atoms with Crippen LogP contribution in [0, 0.1) is 0 Å². The minimum Gasteiger partial charge on any atom is -0.441 e. The van der Waals surface area contributed by atoms with Crippen molar-refractivity contribution < 1.29 is 14.3 Å². The van der Waals surface area contributed by atoms with Crippen LogP contribution in [0.15, 0.2) is 24.3 Å². The van der Waals surface area contributed by atoms with Gasteiger partial charge in [-0.3, -0.25) is 4.90 Å². The summed E-state index contributed by atoms with van der Waals surface area (Å²) >= 11 is 0. The van der Waals surface area contributed by atoms with Crippen molar-refractivity contribution in [2.45, 2.75) is 25.4 Å². The van der Waals surface area contributed by atoms with Crippen molar-refractivity contribution in [1.29, 1.82) is 0 Å². The summed E-state index contributed by atoms with van der Waals surface area (Å²) < 4.78 is 10.3. The van der Waals surface area contributed by atoms with Gasteiger partial charge < -0.3 is 14.4 Å². The Bertz CT molecular complexity index is 483. The van der Waals surface area contributed by atoms with Crippen LogP contribution in [-0.2, 0) is 9.47 Å². The zero-order valence-corrected chi connectivity index (χ0v) is 12.5. The molecule has 0 spiro atoms. The molecular formula is C16H22N2O3. The van der Waals surface area contributed by atoms with E-state index in [0.29, 0.717) is 13.2 Å². The van der Waals surface area contributed by atoms with Crippen LogP contribution in [0.2, 0.25) is 0 Å². The third-order valence-electron chi connectivity index (χ3n) is 4.11. The number of hydrogen-bond acceptors (Lipinski definition) is 4. The number of piperidine rings is 1. The summed E-state index contributed by atoms with van der Waals surface area (Å²) in [7, 11) is 1.61. The summed E-state index contributed by atoms with van der Waals surface area (Å²) in [5, 5.41) is 0. The number of carbonyl (C=O) groups is 1. The third-order valence-corrected chi connectivity index (χ3v) is 4.11. The zero-order valence-electron chi connectivity index (χ0n) is 12.5. The van der Waals surface area contributed by atoms with E-state index in [1.807, 2.05) is 12.1 Å². The Labute approximate surface area is 125 Å². The number of benzene rings is 1. The van der Waals surface area contributed by atoms with Crippen LogP contribution in [0.4, 0.5) is 16.2 Å². The van der Waals surface area contributed by atoms with Gasteiger partial charge in [0.2, 0.25) is 0 Å². The van der Waals surface area contributed by atoms with Gasteiger partial charge in [-0.15, -0.1) is 0 Å². The summed E-state index contributed by atoms with van der Waals surface area (Å²) in [6.45, 7) is 3.24. The molecule has 3 rings (SSSR count). The van der Waals surface area contributed by atoms with E-state index >= 15 is 0 Å². The lowest BCUT2D eigenvalue weighted by Gasteiger charge is -2.29. The van der Waals surface area contributed by atoms with Crippen molar-refractivity contribution >= 4 is 17.5 Å². The first-order valence-corrected chi connectivity index (χ1v) is 7.60. The molecule has 0 aromatic heterocycles. The molecule has 0 radical (unpaired) electrons. The lowest BCUT2D eigenvalue weighted by atomic mass is 10.1. The molecule has 2 saturated heterocycles. The highest BCUT2D eigenvalue weighted by Crippen LogP contribution is 2.26. The van der Waals surface area contributed by atoms with Crippen molar-refractivity contribution in [1.82, 2.24) is 0 Å². The van der Waals surface area contributed by atoms with E-state index in [1.165, 1.54) is 24.9 Å². The second-order valence-corrected chi connectivity index (χ2v) is 5.64. The molecule has 0 N–H and O–H groups in total. The molecular weight excluding hydrogens is 268 g/mol. The van der Waals surface area contributed by atoms with Gasteiger partial charge in [-0.2, -0.15) is 0 Å². The summed E-state index contributed by atoms with van der Waals surface area (Å²) in [5.74, 6) is 0. The average Bonchev–Trinajstić information content (AvgIpc) is 2.89. The van der Waals surface area contributed by atoms with E-state index in [-0.39, 0.29) is 12.2 Å². The van der Waals surface area contributed by atoms with Gasteiger partial charge in [0.05, 0.1) is 13.2 Å². The number of anilines is 2. The highest BCUT2D eigenvalue weighted by Gasteiger charge is 2.32. The van der Waals surface area contributed by atoms with E-state index in [0.717, 1.165) is 18.8 Å². The summed E-state index contributed by atoms with van der Waals surface area (Å²) in [4.78, 5) is 16.0. The standard InChI is InChI=1S/C16H22N2O3/c1-20-12-15-11-18(16(19)21-15)14-7-5-13(6-8-14)17-9-3-2-4-10-17/h5-8,15H,2-4,9-12H2,1H3/t15-/m1/s1. The van der Waals surface area contributed by atoms with E-state index in [2.05, 4.69) is 17.0 Å². The molecule has 2 aliphatic heterocycles. The number of carbonyl (C=O) groups excluding carboxylic acids is 1. The third kappa shape index (κ3) is 3.13. The molecule has 2 fully saturated rings. The second kappa shape index (κ2) is 6.35. The molecule has 2 heterocycles. The van der Waals surface area contributed by atoms with Crippen molar-refractivity contribution in [3.05, 3.63) is 24.3 Å². The van der Waals surface area contributed by atoms with Crippen LogP contribution in [0.1, 0.15) is 19.3 Å². The minimum atomic E-state index is -0.289. The fraction of sp³-hybridized carbons (Fsp3) is 0.562. The topological polar surface area (TPSA) is 42.0 Å². The predicted molar refractivity (Wildman–Crippen MR) is 82.0 cm³/mol. The number of cyclic esters (lactones) is 1. The maximum atomic E-state index is 11.9. The van der Waals surface area contributed by atoms with Crippen LogP contribution >= 0.6 is 0 Å². The maximum Gasteiger partial charge on any atom is 0.414 e. The van der Waals surface area contributed by atoms with Crippen LogP contribution in [0.5, 0.6) is 0 Å². The van der Waals surface area contributed by atoms with Gasteiger partial charge in [-0.05, 0) is 43.5 Å². The minimum absolute atomic E-state index is 0.177. The Morgan fingerprint density at radius 3 is 2.48 bits per heavy atom. The molecule has 0 saturated carbocycles. The first-order valence-electron chi connectivity index (χ1n) is 7.60. The molecule has 0 aliphatic carbocycles. The lowest BCUT2D eigenvalue weighted by molar-refractivity contribution is 0.0718. The van der Waals surface area contributed by atoms with Crippen molar-refractivity contribution in [3.8, 4) is 0 Å².